The van der Waals surface area contributed by atoms with E-state index < -0.39 is 5.25 Å². The lowest BCUT2D eigenvalue weighted by Crippen LogP contribution is -2.25. The summed E-state index contributed by atoms with van der Waals surface area (Å²) in [7, 11) is 0. The molecule has 0 spiro atoms. The van der Waals surface area contributed by atoms with E-state index in [-0.39, 0.29) is 36.9 Å². The molecule has 0 saturated heterocycles. The van der Waals surface area contributed by atoms with Gasteiger partial charge in [-0.2, -0.15) is 10.1 Å². The minimum Gasteiger partial charge on any atom is -0.454 e. The van der Waals surface area contributed by atoms with Crippen LogP contribution in [0.5, 0.6) is 11.5 Å². The van der Waals surface area contributed by atoms with Crippen molar-refractivity contribution in [3.8, 4) is 11.5 Å². The Kier molecular flexibility index (Phi) is 6.32. The Hall–Kier alpha value is -4.18. The molecule has 3 aromatic carbocycles. The Balaban J connectivity index is 1.19. The van der Waals surface area contributed by atoms with Crippen LogP contribution < -0.4 is 14.8 Å². The van der Waals surface area contributed by atoms with Crippen LogP contribution in [-0.2, 0) is 9.59 Å². The summed E-state index contributed by atoms with van der Waals surface area (Å²) in [5.74, 6) is 0.183. The van der Waals surface area contributed by atoms with Crippen molar-refractivity contribution in [1.29, 1.82) is 0 Å². The number of hydrogen-bond acceptors (Lipinski definition) is 7. The summed E-state index contributed by atoms with van der Waals surface area (Å²) < 4.78 is 24.2. The van der Waals surface area contributed by atoms with Gasteiger partial charge in [-0.1, -0.05) is 53.7 Å². The molecule has 1 N–H and O–H groups in total. The molecule has 8 nitrogen and oxygen atoms in total. The molecule has 6 rings (SSSR count). The Morgan fingerprint density at radius 2 is 1.84 bits per heavy atom. The van der Waals surface area contributed by atoms with Crippen LogP contribution in [0.25, 0.3) is 0 Å². The fourth-order valence-corrected chi connectivity index (χ4v) is 5.57. The number of nitrogens with one attached hydrogen (secondary N) is 1. The summed E-state index contributed by atoms with van der Waals surface area (Å²) in [4.78, 5) is 29.8. The van der Waals surface area contributed by atoms with Gasteiger partial charge in [0.2, 0.25) is 12.7 Å². The molecule has 3 aliphatic rings. The van der Waals surface area contributed by atoms with Crippen molar-refractivity contribution < 1.29 is 23.5 Å². The maximum absolute atomic E-state index is 13.5. The van der Waals surface area contributed by atoms with Crippen LogP contribution in [0.2, 0.25) is 0 Å². The maximum Gasteiger partial charge on any atom is 0.262 e. The van der Waals surface area contributed by atoms with E-state index in [1.165, 1.54) is 23.9 Å². The lowest BCUT2D eigenvalue weighted by atomic mass is 9.98. The highest BCUT2D eigenvalue weighted by molar-refractivity contribution is 8.15. The van der Waals surface area contributed by atoms with Crippen LogP contribution in [0.4, 0.5) is 10.1 Å². The molecule has 0 aliphatic carbocycles. The third-order valence-electron chi connectivity index (χ3n) is 6.50. The van der Waals surface area contributed by atoms with Crippen LogP contribution in [0, 0.1) is 12.7 Å². The second kappa shape index (κ2) is 9.94. The molecule has 10 heteroatoms. The number of aliphatic imine (C=N–C) groups is 1. The Morgan fingerprint density at radius 3 is 2.63 bits per heavy atom. The van der Waals surface area contributed by atoms with E-state index in [0.29, 0.717) is 28.8 Å². The summed E-state index contributed by atoms with van der Waals surface area (Å²) in [6.07, 6.45) is 0.528. The summed E-state index contributed by atoms with van der Waals surface area (Å²) in [6.45, 7) is 2.16. The molecule has 0 fully saturated rings. The molecule has 3 heterocycles. The standard InChI is InChI=1S/C28H23FN4O4S/c1-16-2-4-18(5-3-16)22-13-21(17-6-8-19(29)9-7-17)32-33(22)28-31-27(35)25(38-28)14-26(34)30-20-10-11-23-24(12-20)37-15-36-23/h2-12,22,25H,13-15H2,1H3,(H,30,34). The normalized spacial score (nSPS) is 19.9. The van der Waals surface area contributed by atoms with Crippen molar-refractivity contribution in [2.24, 2.45) is 10.1 Å². The molecule has 0 saturated carbocycles. The summed E-state index contributed by atoms with van der Waals surface area (Å²) >= 11 is 1.23. The predicted molar refractivity (Wildman–Crippen MR) is 143 cm³/mol. The molecule has 3 aromatic rings. The monoisotopic (exact) mass is 530 g/mol. The van der Waals surface area contributed by atoms with Gasteiger partial charge in [0.1, 0.15) is 11.1 Å². The number of carbonyl (C=O) groups excluding carboxylic acids is 2. The van der Waals surface area contributed by atoms with Gasteiger partial charge in [-0.15, -0.1) is 0 Å². The van der Waals surface area contributed by atoms with E-state index in [9.17, 15) is 14.0 Å². The van der Waals surface area contributed by atoms with Crippen molar-refractivity contribution >= 4 is 40.1 Å². The van der Waals surface area contributed by atoms with Crippen LogP contribution in [0.1, 0.15) is 35.6 Å². The zero-order valence-corrected chi connectivity index (χ0v) is 21.2. The average molecular weight is 531 g/mol. The highest BCUT2D eigenvalue weighted by atomic mass is 32.2. The van der Waals surface area contributed by atoms with Crippen molar-refractivity contribution in [2.45, 2.75) is 31.1 Å². The molecule has 3 aliphatic heterocycles. The zero-order valence-electron chi connectivity index (χ0n) is 20.4. The Bertz CT molecular complexity index is 1470. The third-order valence-corrected chi connectivity index (χ3v) is 7.64. The van der Waals surface area contributed by atoms with E-state index in [0.717, 1.165) is 22.4 Å². The number of ether oxygens (including phenoxy) is 2. The minimum atomic E-state index is -0.664. The molecule has 0 aromatic heterocycles. The smallest absolute Gasteiger partial charge is 0.262 e. The quantitative estimate of drug-likeness (QED) is 0.497. The van der Waals surface area contributed by atoms with Gasteiger partial charge in [0.05, 0.1) is 11.8 Å². The van der Waals surface area contributed by atoms with Gasteiger partial charge >= 0.3 is 0 Å². The number of hydrogen-bond donors (Lipinski definition) is 1. The lowest BCUT2D eigenvalue weighted by molar-refractivity contribution is -0.121. The van der Waals surface area contributed by atoms with E-state index in [1.807, 2.05) is 31.2 Å². The van der Waals surface area contributed by atoms with Crippen molar-refractivity contribution in [2.75, 3.05) is 12.1 Å². The number of carbonyl (C=O) groups is 2. The van der Waals surface area contributed by atoms with Crippen molar-refractivity contribution in [3.63, 3.8) is 0 Å². The van der Waals surface area contributed by atoms with Gasteiger partial charge in [0.15, 0.2) is 16.7 Å². The first kappa shape index (κ1) is 24.2. The van der Waals surface area contributed by atoms with Crippen LogP contribution >= 0.6 is 11.8 Å². The highest BCUT2D eigenvalue weighted by Gasteiger charge is 2.39. The molecular weight excluding hydrogens is 507 g/mol. The Labute approximate surface area is 222 Å². The summed E-state index contributed by atoms with van der Waals surface area (Å²) in [5, 5.41) is 9.14. The number of amides is 2. The number of halogens is 1. The van der Waals surface area contributed by atoms with Crippen molar-refractivity contribution in [1.82, 2.24) is 5.01 Å². The fraction of sp³-hybridized carbons (Fsp3) is 0.214. The molecule has 38 heavy (non-hydrogen) atoms. The second-order valence-corrected chi connectivity index (χ2v) is 10.4. The van der Waals surface area contributed by atoms with Gasteiger partial charge < -0.3 is 14.8 Å². The number of hydrazone groups is 1. The first-order chi connectivity index (χ1) is 18.4. The third kappa shape index (κ3) is 4.87. The Morgan fingerprint density at radius 1 is 1.08 bits per heavy atom. The van der Waals surface area contributed by atoms with Gasteiger partial charge in [-0.05, 0) is 42.3 Å². The highest BCUT2D eigenvalue weighted by Crippen LogP contribution is 2.39. The molecule has 2 amide bonds. The van der Waals surface area contributed by atoms with E-state index in [1.54, 1.807) is 35.3 Å². The lowest BCUT2D eigenvalue weighted by Gasteiger charge is -2.23. The van der Waals surface area contributed by atoms with Crippen LogP contribution in [0.15, 0.2) is 76.8 Å². The van der Waals surface area contributed by atoms with Crippen molar-refractivity contribution in [3.05, 3.63) is 89.2 Å². The minimum absolute atomic E-state index is 0.0392. The largest absolute Gasteiger partial charge is 0.454 e. The number of fused-ring (bicyclic) bond motifs is 1. The molecular formula is C28H23FN4O4S. The van der Waals surface area contributed by atoms with Crippen LogP contribution in [-0.4, -0.2) is 39.7 Å². The number of thioether (sulfide) groups is 1. The second-order valence-electron chi connectivity index (χ2n) is 9.19. The molecule has 2 atom stereocenters. The zero-order chi connectivity index (χ0) is 26.2. The SMILES string of the molecule is Cc1ccc(C2CC(c3ccc(F)cc3)=NN2C2=NC(=O)C(CC(=O)Nc3ccc4c(c3)OCO4)S2)cc1. The summed E-state index contributed by atoms with van der Waals surface area (Å²) in [6, 6.07) is 19.3. The van der Waals surface area contributed by atoms with Crippen LogP contribution in [0.3, 0.4) is 0 Å². The number of rotatable bonds is 5. The molecule has 0 radical (unpaired) electrons. The number of amidine groups is 1. The first-order valence-corrected chi connectivity index (χ1v) is 13.0. The van der Waals surface area contributed by atoms with E-state index >= 15 is 0 Å². The number of anilines is 1. The predicted octanol–water partition coefficient (Wildman–Crippen LogP) is 5.04. The topological polar surface area (TPSA) is 92.6 Å². The number of aryl methyl sites for hydroxylation is 1. The number of nitrogens with zero attached hydrogens (tertiary/aromatic N) is 3. The van der Waals surface area contributed by atoms with Gasteiger partial charge in [-0.3, -0.25) is 9.59 Å². The maximum atomic E-state index is 13.5. The van der Waals surface area contributed by atoms with E-state index in [4.69, 9.17) is 14.6 Å². The average Bonchev–Trinajstić information content (AvgIpc) is 3.63. The van der Waals surface area contributed by atoms with Gasteiger partial charge in [0.25, 0.3) is 5.91 Å². The molecule has 192 valence electrons. The first-order valence-electron chi connectivity index (χ1n) is 12.1. The van der Waals surface area contributed by atoms with Gasteiger partial charge in [0, 0.05) is 24.6 Å². The molecule has 0 bridgehead atoms. The van der Waals surface area contributed by atoms with E-state index in [2.05, 4.69) is 10.3 Å². The number of benzene rings is 3. The molecule has 2 unspecified atom stereocenters. The summed E-state index contributed by atoms with van der Waals surface area (Å²) in [5.41, 5.74) is 4.30. The fourth-order valence-electron chi connectivity index (χ4n) is 4.51. The van der Waals surface area contributed by atoms with Gasteiger partial charge in [-0.25, -0.2) is 9.40 Å².